The van der Waals surface area contributed by atoms with E-state index in [0.29, 0.717) is 12.5 Å². The molecular formula is C17H26FN3O. The maximum Gasteiger partial charge on any atom is 0.191 e. The van der Waals surface area contributed by atoms with Gasteiger partial charge in [-0.05, 0) is 31.4 Å². The largest absolute Gasteiger partial charge is 0.485 e. The van der Waals surface area contributed by atoms with E-state index in [9.17, 15) is 4.39 Å². The van der Waals surface area contributed by atoms with Gasteiger partial charge in [-0.2, -0.15) is 0 Å². The van der Waals surface area contributed by atoms with Crippen LogP contribution in [0.4, 0.5) is 4.39 Å². The molecule has 1 aromatic carbocycles. The maximum absolute atomic E-state index is 13.6. The van der Waals surface area contributed by atoms with Gasteiger partial charge in [-0.1, -0.05) is 31.9 Å². The number of halogens is 1. The van der Waals surface area contributed by atoms with Crippen molar-refractivity contribution >= 4 is 5.96 Å². The van der Waals surface area contributed by atoms with E-state index in [-0.39, 0.29) is 17.7 Å². The number of hydrogen-bond donors (Lipinski definition) is 1. The van der Waals surface area contributed by atoms with Crippen molar-refractivity contribution in [3.05, 3.63) is 30.1 Å². The topological polar surface area (TPSA) is 50.8 Å². The standard InChI is InChI=1S/C17H26FN3O/c1-2-14(22-16-10-6-5-9-15(16)18)13-20-17(19)21-11-7-3-4-8-12-21/h5-6,9-10,14H,2-4,7-8,11-13H2,1H3,(H2,19,20). The van der Waals surface area contributed by atoms with Crippen LogP contribution in [-0.2, 0) is 0 Å². The van der Waals surface area contributed by atoms with Gasteiger partial charge in [0.05, 0.1) is 6.54 Å². The Morgan fingerprint density at radius 1 is 1.27 bits per heavy atom. The zero-order valence-electron chi connectivity index (χ0n) is 13.3. The van der Waals surface area contributed by atoms with E-state index in [0.717, 1.165) is 19.5 Å². The Hall–Kier alpha value is -1.78. The predicted octanol–water partition coefficient (Wildman–Crippen LogP) is 3.17. The molecule has 0 aromatic heterocycles. The van der Waals surface area contributed by atoms with E-state index in [4.69, 9.17) is 10.5 Å². The van der Waals surface area contributed by atoms with E-state index in [1.54, 1.807) is 18.2 Å². The summed E-state index contributed by atoms with van der Waals surface area (Å²) in [5.74, 6) is 0.515. The molecule has 0 radical (unpaired) electrons. The van der Waals surface area contributed by atoms with E-state index < -0.39 is 0 Å². The molecule has 0 bridgehead atoms. The first-order chi connectivity index (χ1) is 10.7. The van der Waals surface area contributed by atoms with Crippen molar-refractivity contribution in [3.8, 4) is 5.75 Å². The maximum atomic E-state index is 13.6. The molecule has 1 atom stereocenters. The van der Waals surface area contributed by atoms with Gasteiger partial charge < -0.3 is 15.4 Å². The number of para-hydroxylation sites is 1. The average Bonchev–Trinajstić information content (AvgIpc) is 2.82. The van der Waals surface area contributed by atoms with Gasteiger partial charge in [0.1, 0.15) is 6.10 Å². The molecule has 0 aliphatic carbocycles. The van der Waals surface area contributed by atoms with Crippen molar-refractivity contribution in [1.82, 2.24) is 4.90 Å². The molecule has 4 nitrogen and oxygen atoms in total. The Balaban J connectivity index is 1.91. The second-order valence-corrected chi connectivity index (χ2v) is 5.68. The van der Waals surface area contributed by atoms with Crippen LogP contribution in [0, 0.1) is 5.82 Å². The molecule has 0 amide bonds. The van der Waals surface area contributed by atoms with Gasteiger partial charge in [-0.15, -0.1) is 0 Å². The van der Waals surface area contributed by atoms with Gasteiger partial charge in [0.2, 0.25) is 0 Å². The normalized spacial score (nSPS) is 17.9. The smallest absolute Gasteiger partial charge is 0.191 e. The minimum absolute atomic E-state index is 0.164. The molecule has 2 rings (SSSR count). The van der Waals surface area contributed by atoms with Crippen molar-refractivity contribution in [2.45, 2.75) is 45.1 Å². The molecule has 1 fully saturated rings. The number of guanidine groups is 1. The molecule has 122 valence electrons. The molecule has 5 heteroatoms. The zero-order valence-corrected chi connectivity index (χ0v) is 13.3. The summed E-state index contributed by atoms with van der Waals surface area (Å²) in [6.45, 7) is 4.40. The lowest BCUT2D eigenvalue weighted by molar-refractivity contribution is 0.196. The quantitative estimate of drug-likeness (QED) is 0.671. The van der Waals surface area contributed by atoms with Gasteiger partial charge in [0.25, 0.3) is 0 Å². The molecule has 1 aromatic rings. The summed E-state index contributed by atoms with van der Waals surface area (Å²) in [5.41, 5.74) is 6.09. The summed E-state index contributed by atoms with van der Waals surface area (Å²) in [6, 6.07) is 6.45. The highest BCUT2D eigenvalue weighted by atomic mass is 19.1. The number of likely N-dealkylation sites (tertiary alicyclic amines) is 1. The fourth-order valence-corrected chi connectivity index (χ4v) is 2.56. The fourth-order valence-electron chi connectivity index (χ4n) is 2.56. The zero-order chi connectivity index (χ0) is 15.8. The van der Waals surface area contributed by atoms with Crippen LogP contribution >= 0.6 is 0 Å². The third-order valence-electron chi connectivity index (χ3n) is 3.97. The van der Waals surface area contributed by atoms with Gasteiger partial charge >= 0.3 is 0 Å². The number of rotatable bonds is 5. The van der Waals surface area contributed by atoms with E-state index in [1.807, 2.05) is 6.92 Å². The van der Waals surface area contributed by atoms with Crippen molar-refractivity contribution < 1.29 is 9.13 Å². The van der Waals surface area contributed by atoms with Gasteiger partial charge in [-0.3, -0.25) is 0 Å². The number of hydrogen-bond acceptors (Lipinski definition) is 2. The van der Waals surface area contributed by atoms with Crippen molar-refractivity contribution in [2.24, 2.45) is 10.7 Å². The minimum Gasteiger partial charge on any atom is -0.485 e. The molecule has 1 aliphatic rings. The number of aliphatic imine (C=N–C) groups is 1. The van der Waals surface area contributed by atoms with E-state index in [1.165, 1.54) is 31.7 Å². The van der Waals surface area contributed by atoms with Gasteiger partial charge in [-0.25, -0.2) is 9.38 Å². The lowest BCUT2D eigenvalue weighted by Crippen LogP contribution is -2.38. The molecule has 1 heterocycles. The Morgan fingerprint density at radius 3 is 2.59 bits per heavy atom. The highest BCUT2D eigenvalue weighted by Gasteiger charge is 2.14. The number of benzene rings is 1. The van der Waals surface area contributed by atoms with Crippen molar-refractivity contribution in [3.63, 3.8) is 0 Å². The predicted molar refractivity (Wildman–Crippen MR) is 87.6 cm³/mol. The van der Waals surface area contributed by atoms with Crippen LogP contribution in [-0.4, -0.2) is 36.6 Å². The summed E-state index contributed by atoms with van der Waals surface area (Å²) < 4.78 is 19.3. The van der Waals surface area contributed by atoms with E-state index in [2.05, 4.69) is 9.89 Å². The molecule has 0 spiro atoms. The molecular weight excluding hydrogens is 281 g/mol. The molecule has 22 heavy (non-hydrogen) atoms. The first-order valence-corrected chi connectivity index (χ1v) is 8.16. The van der Waals surface area contributed by atoms with Crippen LogP contribution in [0.1, 0.15) is 39.0 Å². The van der Waals surface area contributed by atoms with Gasteiger partial charge in [0, 0.05) is 13.1 Å². The second-order valence-electron chi connectivity index (χ2n) is 5.68. The van der Waals surface area contributed by atoms with E-state index >= 15 is 0 Å². The van der Waals surface area contributed by atoms with Crippen LogP contribution in [0.15, 0.2) is 29.3 Å². The SMILES string of the molecule is CCC(CN=C(N)N1CCCCCC1)Oc1ccccc1F. The second kappa shape index (κ2) is 8.61. The first kappa shape index (κ1) is 16.6. The number of nitrogens with two attached hydrogens (primary N) is 1. The summed E-state index contributed by atoms with van der Waals surface area (Å²) >= 11 is 0. The summed E-state index contributed by atoms with van der Waals surface area (Å²) in [5, 5.41) is 0. The van der Waals surface area contributed by atoms with Crippen LogP contribution in [0.2, 0.25) is 0 Å². The average molecular weight is 307 g/mol. The Kier molecular flexibility index (Phi) is 6.49. The third kappa shape index (κ3) is 4.90. The summed E-state index contributed by atoms with van der Waals surface area (Å²) in [4.78, 5) is 6.60. The lowest BCUT2D eigenvalue weighted by atomic mass is 10.2. The van der Waals surface area contributed by atoms with Crippen molar-refractivity contribution in [2.75, 3.05) is 19.6 Å². The number of nitrogens with zero attached hydrogens (tertiary/aromatic N) is 2. The monoisotopic (exact) mass is 307 g/mol. The van der Waals surface area contributed by atoms with Gasteiger partial charge in [0.15, 0.2) is 17.5 Å². The Labute approximate surface area is 132 Å². The van der Waals surface area contributed by atoms with Crippen molar-refractivity contribution in [1.29, 1.82) is 0 Å². The molecule has 2 N–H and O–H groups in total. The third-order valence-corrected chi connectivity index (χ3v) is 3.97. The highest BCUT2D eigenvalue weighted by molar-refractivity contribution is 5.78. The molecule has 1 unspecified atom stereocenters. The highest BCUT2D eigenvalue weighted by Crippen LogP contribution is 2.18. The number of ether oxygens (including phenoxy) is 1. The van der Waals surface area contributed by atoms with Crippen LogP contribution in [0.25, 0.3) is 0 Å². The van der Waals surface area contributed by atoms with Crippen LogP contribution in [0.3, 0.4) is 0 Å². The lowest BCUT2D eigenvalue weighted by Gasteiger charge is -2.22. The summed E-state index contributed by atoms with van der Waals surface area (Å²) in [6.07, 6.45) is 5.45. The molecule has 1 saturated heterocycles. The fraction of sp³-hybridized carbons (Fsp3) is 0.588. The molecule has 1 aliphatic heterocycles. The summed E-state index contributed by atoms with van der Waals surface area (Å²) in [7, 11) is 0. The minimum atomic E-state index is -0.342. The Morgan fingerprint density at radius 2 is 1.95 bits per heavy atom. The Bertz CT molecular complexity index is 485. The van der Waals surface area contributed by atoms with Crippen LogP contribution < -0.4 is 10.5 Å². The first-order valence-electron chi connectivity index (χ1n) is 8.16. The van der Waals surface area contributed by atoms with Crippen LogP contribution in [0.5, 0.6) is 5.75 Å². The molecule has 0 saturated carbocycles.